The normalized spacial score (nSPS) is 10.8. The van der Waals surface area contributed by atoms with Gasteiger partial charge in [0.15, 0.2) is 11.5 Å². The second kappa shape index (κ2) is 9.67. The van der Waals surface area contributed by atoms with Crippen molar-refractivity contribution in [3.63, 3.8) is 0 Å². The number of rotatable bonds is 8. The number of benzene rings is 3. The zero-order valence-electron chi connectivity index (χ0n) is 17.0. The number of carbonyl (C=O) groups is 1. The van der Waals surface area contributed by atoms with Crippen molar-refractivity contribution in [2.24, 2.45) is 0 Å². The summed E-state index contributed by atoms with van der Waals surface area (Å²) in [5.74, 6) is 0.0509. The summed E-state index contributed by atoms with van der Waals surface area (Å²) in [4.78, 5) is 23.0. The van der Waals surface area contributed by atoms with Gasteiger partial charge in [-0.1, -0.05) is 18.2 Å². The highest BCUT2D eigenvalue weighted by atomic mass is 19.1. The smallest absolute Gasteiger partial charge is 0.310 e. The van der Waals surface area contributed by atoms with E-state index in [2.05, 4.69) is 0 Å². The van der Waals surface area contributed by atoms with Crippen molar-refractivity contribution in [3.8, 4) is 11.5 Å². The van der Waals surface area contributed by atoms with Gasteiger partial charge >= 0.3 is 5.69 Å². The maximum absolute atomic E-state index is 13.0. The molecule has 0 aliphatic carbocycles. The molecule has 3 aromatic rings. The second-order valence-corrected chi connectivity index (χ2v) is 6.79. The molecule has 0 radical (unpaired) electrons. The van der Waals surface area contributed by atoms with E-state index in [0.717, 1.165) is 5.56 Å². The fraction of sp³-hybridized carbons (Fsp3) is 0.125. The summed E-state index contributed by atoms with van der Waals surface area (Å²) >= 11 is 0. The van der Waals surface area contributed by atoms with E-state index in [-0.39, 0.29) is 23.8 Å². The van der Waals surface area contributed by atoms with E-state index < -0.39 is 10.7 Å². The first kappa shape index (κ1) is 21.7. The Morgan fingerprint density at radius 1 is 1.06 bits per heavy atom. The van der Waals surface area contributed by atoms with Crippen molar-refractivity contribution in [1.82, 2.24) is 0 Å². The van der Waals surface area contributed by atoms with Crippen LogP contribution in [0, 0.1) is 22.9 Å². The fourth-order valence-corrected chi connectivity index (χ4v) is 2.94. The Kier molecular flexibility index (Phi) is 6.77. The number of hydrogen-bond donors (Lipinski definition) is 0. The van der Waals surface area contributed by atoms with Gasteiger partial charge in [-0.15, -0.1) is 0 Å². The molecule has 3 aromatic carbocycles. The maximum atomic E-state index is 13.0. The number of methoxy groups -OCH3 is 1. The first-order chi connectivity index (χ1) is 14.9. The summed E-state index contributed by atoms with van der Waals surface area (Å²) in [6.45, 7) is 1.86. The van der Waals surface area contributed by atoms with Crippen LogP contribution in [0.5, 0.6) is 11.5 Å². The molecule has 0 unspecified atom stereocenters. The predicted molar refractivity (Wildman–Crippen MR) is 115 cm³/mol. The summed E-state index contributed by atoms with van der Waals surface area (Å²) in [5, 5.41) is 11.2. The molecule has 31 heavy (non-hydrogen) atoms. The van der Waals surface area contributed by atoms with Crippen LogP contribution in [-0.4, -0.2) is 17.8 Å². The number of halogens is 1. The molecule has 0 saturated heterocycles. The molecule has 0 atom stereocenters. The standard InChI is InChI=1S/C24H20FNO5/c1-16-3-10-21(26(28)29)24(13-16)31-15-19-14-17(5-12-23(19)30-2)4-11-22(27)18-6-8-20(25)9-7-18/h3-14H,15H2,1-2H3/b11-4+. The average molecular weight is 421 g/mol. The minimum Gasteiger partial charge on any atom is -0.496 e. The highest BCUT2D eigenvalue weighted by Crippen LogP contribution is 2.30. The number of ether oxygens (including phenoxy) is 2. The van der Waals surface area contributed by atoms with Crippen LogP contribution in [0.25, 0.3) is 6.08 Å². The summed E-state index contributed by atoms with van der Waals surface area (Å²) in [5.41, 5.74) is 2.47. The van der Waals surface area contributed by atoms with Crippen molar-refractivity contribution in [2.75, 3.05) is 7.11 Å². The Bertz CT molecular complexity index is 1140. The van der Waals surface area contributed by atoms with Crippen LogP contribution in [0.1, 0.15) is 27.0 Å². The molecule has 3 rings (SSSR count). The Hall–Kier alpha value is -4.00. The van der Waals surface area contributed by atoms with Crippen LogP contribution in [0.15, 0.2) is 66.7 Å². The molecule has 0 heterocycles. The van der Waals surface area contributed by atoms with Crippen LogP contribution in [0.4, 0.5) is 10.1 Å². The maximum Gasteiger partial charge on any atom is 0.310 e. The summed E-state index contributed by atoms with van der Waals surface area (Å²) in [7, 11) is 1.52. The van der Waals surface area contributed by atoms with E-state index >= 15 is 0 Å². The minimum atomic E-state index is -0.494. The van der Waals surface area contributed by atoms with Crippen molar-refractivity contribution in [2.45, 2.75) is 13.5 Å². The van der Waals surface area contributed by atoms with Crippen molar-refractivity contribution in [1.29, 1.82) is 0 Å². The zero-order chi connectivity index (χ0) is 22.4. The molecule has 0 N–H and O–H groups in total. The van der Waals surface area contributed by atoms with Crippen molar-refractivity contribution >= 4 is 17.5 Å². The van der Waals surface area contributed by atoms with Crippen LogP contribution in [-0.2, 0) is 6.61 Å². The van der Waals surface area contributed by atoms with E-state index in [1.165, 1.54) is 43.5 Å². The topological polar surface area (TPSA) is 78.7 Å². The zero-order valence-corrected chi connectivity index (χ0v) is 17.0. The van der Waals surface area contributed by atoms with E-state index in [4.69, 9.17) is 9.47 Å². The van der Waals surface area contributed by atoms with Crippen molar-refractivity contribution in [3.05, 3.63) is 105 Å². The molecule has 0 bridgehead atoms. The molecule has 7 heteroatoms. The van der Waals surface area contributed by atoms with Crippen LogP contribution >= 0.6 is 0 Å². The highest BCUT2D eigenvalue weighted by Gasteiger charge is 2.16. The molecule has 6 nitrogen and oxygen atoms in total. The SMILES string of the molecule is COc1ccc(/C=C/C(=O)c2ccc(F)cc2)cc1COc1cc(C)ccc1[N+](=O)[O-]. The molecule has 0 aliphatic rings. The molecule has 0 amide bonds. The molecule has 0 aliphatic heterocycles. The molecular weight excluding hydrogens is 401 g/mol. The summed E-state index contributed by atoms with van der Waals surface area (Å²) in [6, 6.07) is 15.2. The van der Waals surface area contributed by atoms with Gasteiger partial charge in [0, 0.05) is 17.2 Å². The predicted octanol–water partition coefficient (Wildman–Crippen LogP) is 5.53. The Balaban J connectivity index is 1.80. The third-order valence-corrected chi connectivity index (χ3v) is 4.56. The molecule has 0 saturated carbocycles. The monoisotopic (exact) mass is 421 g/mol. The van der Waals surface area contributed by atoms with Gasteiger partial charge in [0.05, 0.1) is 12.0 Å². The largest absolute Gasteiger partial charge is 0.496 e. The Morgan fingerprint density at radius 2 is 1.81 bits per heavy atom. The number of nitro benzene ring substituents is 1. The lowest BCUT2D eigenvalue weighted by Gasteiger charge is -2.12. The van der Waals surface area contributed by atoms with Crippen LogP contribution in [0.3, 0.4) is 0 Å². The van der Waals surface area contributed by atoms with E-state index in [1.807, 2.05) is 6.92 Å². The van der Waals surface area contributed by atoms with Gasteiger partial charge in [0.25, 0.3) is 0 Å². The fourth-order valence-electron chi connectivity index (χ4n) is 2.94. The Labute approximate surface area is 178 Å². The van der Waals surface area contributed by atoms with E-state index in [9.17, 15) is 19.3 Å². The lowest BCUT2D eigenvalue weighted by atomic mass is 10.1. The first-order valence-corrected chi connectivity index (χ1v) is 9.40. The van der Waals surface area contributed by atoms with Crippen molar-refractivity contribution < 1.29 is 23.6 Å². The van der Waals surface area contributed by atoms with Gasteiger partial charge in [0.1, 0.15) is 18.2 Å². The third-order valence-electron chi connectivity index (χ3n) is 4.56. The molecular formula is C24H20FNO5. The lowest BCUT2D eigenvalue weighted by Crippen LogP contribution is -2.02. The highest BCUT2D eigenvalue weighted by molar-refractivity contribution is 6.06. The number of ketones is 1. The molecule has 0 spiro atoms. The van der Waals surface area contributed by atoms with Gasteiger partial charge in [-0.25, -0.2) is 4.39 Å². The minimum absolute atomic E-state index is 0.0427. The van der Waals surface area contributed by atoms with Gasteiger partial charge < -0.3 is 9.47 Å². The van der Waals surface area contributed by atoms with Gasteiger partial charge in [-0.2, -0.15) is 0 Å². The quantitative estimate of drug-likeness (QED) is 0.207. The summed E-state index contributed by atoms with van der Waals surface area (Å²) < 4.78 is 24.1. The lowest BCUT2D eigenvalue weighted by molar-refractivity contribution is -0.386. The van der Waals surface area contributed by atoms with E-state index in [1.54, 1.807) is 36.4 Å². The third kappa shape index (κ3) is 5.54. The van der Waals surface area contributed by atoms with Gasteiger partial charge in [-0.05, 0) is 66.6 Å². The van der Waals surface area contributed by atoms with Crippen LogP contribution < -0.4 is 9.47 Å². The van der Waals surface area contributed by atoms with Crippen LogP contribution in [0.2, 0.25) is 0 Å². The van der Waals surface area contributed by atoms with E-state index in [0.29, 0.717) is 22.4 Å². The number of nitro groups is 1. The Morgan fingerprint density at radius 3 is 2.48 bits per heavy atom. The number of nitrogens with zero attached hydrogens (tertiary/aromatic N) is 1. The number of carbonyl (C=O) groups excluding carboxylic acids is 1. The first-order valence-electron chi connectivity index (χ1n) is 9.40. The molecule has 0 aromatic heterocycles. The number of hydrogen-bond acceptors (Lipinski definition) is 5. The van der Waals surface area contributed by atoms with Gasteiger partial charge in [-0.3, -0.25) is 14.9 Å². The second-order valence-electron chi connectivity index (χ2n) is 6.79. The number of aryl methyl sites for hydroxylation is 1. The average Bonchev–Trinajstić information content (AvgIpc) is 2.76. The molecule has 158 valence electrons. The number of allylic oxidation sites excluding steroid dienone is 1. The molecule has 0 fully saturated rings. The van der Waals surface area contributed by atoms with Gasteiger partial charge in [0.2, 0.25) is 0 Å². The summed E-state index contributed by atoms with van der Waals surface area (Å²) in [6.07, 6.45) is 3.02.